The molecule has 6 heteroatoms. The van der Waals surface area contributed by atoms with Crippen molar-refractivity contribution in [3.8, 4) is 5.75 Å². The molecule has 0 saturated carbocycles. The maximum Gasteiger partial charge on any atom is 0.573 e. The smallest absolute Gasteiger partial charge is 0.406 e. The van der Waals surface area contributed by atoms with Crippen molar-refractivity contribution >= 4 is 11.8 Å². The van der Waals surface area contributed by atoms with Crippen molar-refractivity contribution in [2.75, 3.05) is 0 Å². The highest BCUT2D eigenvalue weighted by Crippen LogP contribution is 2.34. The molecule has 1 atom stereocenters. The van der Waals surface area contributed by atoms with Crippen molar-refractivity contribution in [1.82, 2.24) is 4.98 Å². The summed E-state index contributed by atoms with van der Waals surface area (Å²) >= 11 is 1.54. The first-order chi connectivity index (χ1) is 9.44. The number of hydrogen-bond acceptors (Lipinski definition) is 3. The number of ether oxygens (including phenoxy) is 1. The highest BCUT2D eigenvalue weighted by molar-refractivity contribution is 7.99. The van der Waals surface area contributed by atoms with Gasteiger partial charge in [0, 0.05) is 11.4 Å². The molecule has 0 N–H and O–H groups in total. The molecule has 0 amide bonds. The Morgan fingerprint density at radius 1 is 1.10 bits per heavy atom. The molecule has 106 valence electrons. The van der Waals surface area contributed by atoms with Gasteiger partial charge in [-0.1, -0.05) is 30.0 Å². The molecule has 20 heavy (non-hydrogen) atoms. The average molecular weight is 299 g/mol. The largest absolute Gasteiger partial charge is 0.573 e. The van der Waals surface area contributed by atoms with E-state index < -0.39 is 6.36 Å². The second-order valence-electron chi connectivity index (χ2n) is 4.04. The van der Waals surface area contributed by atoms with Crippen molar-refractivity contribution in [1.29, 1.82) is 0 Å². The Kier molecular flexibility index (Phi) is 4.54. The predicted octanol–water partition coefficient (Wildman–Crippen LogP) is 4.83. The Bertz CT molecular complexity index is 543. The maximum absolute atomic E-state index is 12.1. The van der Waals surface area contributed by atoms with E-state index in [4.69, 9.17) is 0 Å². The van der Waals surface area contributed by atoms with E-state index in [1.807, 2.05) is 25.1 Å². The van der Waals surface area contributed by atoms with E-state index in [1.165, 1.54) is 12.1 Å². The zero-order valence-electron chi connectivity index (χ0n) is 10.6. The summed E-state index contributed by atoms with van der Waals surface area (Å²) in [6, 6.07) is 11.5. The second-order valence-corrected chi connectivity index (χ2v) is 5.41. The van der Waals surface area contributed by atoms with E-state index in [2.05, 4.69) is 9.72 Å². The van der Waals surface area contributed by atoms with Crippen molar-refractivity contribution in [3.05, 3.63) is 54.2 Å². The van der Waals surface area contributed by atoms with E-state index in [0.29, 0.717) is 0 Å². The summed E-state index contributed by atoms with van der Waals surface area (Å²) in [5.41, 5.74) is 0.912. The van der Waals surface area contributed by atoms with Crippen LogP contribution in [0.2, 0.25) is 0 Å². The molecule has 1 heterocycles. The number of nitrogens with zero attached hydrogens (tertiary/aromatic N) is 1. The van der Waals surface area contributed by atoms with Crippen molar-refractivity contribution in [2.24, 2.45) is 0 Å². The topological polar surface area (TPSA) is 22.1 Å². The first-order valence-electron chi connectivity index (χ1n) is 5.87. The number of rotatable bonds is 4. The highest BCUT2D eigenvalue weighted by Gasteiger charge is 2.31. The molecule has 0 aliphatic carbocycles. The van der Waals surface area contributed by atoms with Gasteiger partial charge in [0.2, 0.25) is 0 Å². The van der Waals surface area contributed by atoms with Gasteiger partial charge in [-0.25, -0.2) is 4.98 Å². The maximum atomic E-state index is 12.1. The third-order valence-electron chi connectivity index (χ3n) is 2.52. The molecule has 1 aromatic carbocycles. The Morgan fingerprint density at radius 2 is 1.80 bits per heavy atom. The molecule has 0 spiro atoms. The number of thioether (sulfide) groups is 1. The lowest BCUT2D eigenvalue weighted by atomic mass is 10.2. The molecule has 0 fully saturated rings. The van der Waals surface area contributed by atoms with Crippen LogP contribution in [0.3, 0.4) is 0 Å². The first kappa shape index (κ1) is 14.7. The van der Waals surface area contributed by atoms with Crippen LogP contribution in [-0.2, 0) is 0 Å². The molecule has 0 radical (unpaired) electrons. The summed E-state index contributed by atoms with van der Waals surface area (Å²) < 4.78 is 40.0. The molecule has 2 aromatic rings. The minimum atomic E-state index is -4.66. The van der Waals surface area contributed by atoms with Gasteiger partial charge in [0.25, 0.3) is 0 Å². The van der Waals surface area contributed by atoms with Gasteiger partial charge < -0.3 is 4.74 Å². The van der Waals surface area contributed by atoms with Crippen LogP contribution in [-0.4, -0.2) is 11.3 Å². The van der Waals surface area contributed by atoms with Crippen LogP contribution >= 0.6 is 11.8 Å². The Labute approximate surface area is 119 Å². The van der Waals surface area contributed by atoms with Gasteiger partial charge in [-0.15, -0.1) is 13.2 Å². The number of benzene rings is 1. The molecule has 0 bridgehead atoms. The van der Waals surface area contributed by atoms with Crippen LogP contribution in [0.15, 0.2) is 53.7 Å². The normalized spacial score (nSPS) is 13.0. The molecule has 2 rings (SSSR count). The van der Waals surface area contributed by atoms with Gasteiger partial charge >= 0.3 is 6.36 Å². The van der Waals surface area contributed by atoms with Gasteiger partial charge in [0.15, 0.2) is 0 Å². The van der Waals surface area contributed by atoms with E-state index in [9.17, 15) is 13.2 Å². The van der Waals surface area contributed by atoms with Crippen LogP contribution in [0.5, 0.6) is 5.75 Å². The summed E-state index contributed by atoms with van der Waals surface area (Å²) in [4.78, 5) is 4.20. The molecule has 1 unspecified atom stereocenters. The summed E-state index contributed by atoms with van der Waals surface area (Å²) in [5.74, 6) is -0.212. The van der Waals surface area contributed by atoms with Gasteiger partial charge in [0.05, 0.1) is 5.03 Å². The molecular formula is C14H12F3NOS. The van der Waals surface area contributed by atoms with Crippen molar-refractivity contribution in [2.45, 2.75) is 23.6 Å². The second kappa shape index (κ2) is 6.17. The van der Waals surface area contributed by atoms with Crippen LogP contribution in [0.25, 0.3) is 0 Å². The SMILES string of the molecule is CC(Sc1ccccn1)c1ccc(OC(F)(F)F)cc1. The van der Waals surface area contributed by atoms with E-state index in [-0.39, 0.29) is 11.0 Å². The predicted molar refractivity (Wildman–Crippen MR) is 71.6 cm³/mol. The number of hydrogen-bond donors (Lipinski definition) is 0. The minimum Gasteiger partial charge on any atom is -0.406 e. The quantitative estimate of drug-likeness (QED) is 0.755. The Hall–Kier alpha value is -1.69. The summed E-state index contributed by atoms with van der Waals surface area (Å²) in [5, 5.41) is 0.959. The summed E-state index contributed by atoms with van der Waals surface area (Å²) in [7, 11) is 0. The Morgan fingerprint density at radius 3 is 2.35 bits per heavy atom. The van der Waals surface area contributed by atoms with Gasteiger partial charge in [-0.05, 0) is 36.8 Å². The highest BCUT2D eigenvalue weighted by atomic mass is 32.2. The third kappa shape index (κ3) is 4.45. The summed E-state index contributed by atoms with van der Waals surface area (Å²) in [6.07, 6.45) is -2.95. The third-order valence-corrected chi connectivity index (χ3v) is 3.63. The zero-order valence-corrected chi connectivity index (χ0v) is 11.4. The minimum absolute atomic E-state index is 0.0878. The summed E-state index contributed by atoms with van der Waals surface area (Å²) in [6.45, 7) is 1.97. The fourth-order valence-corrected chi connectivity index (χ4v) is 2.54. The first-order valence-corrected chi connectivity index (χ1v) is 6.75. The Balaban J connectivity index is 2.02. The molecule has 0 saturated heterocycles. The van der Waals surface area contributed by atoms with Crippen molar-refractivity contribution in [3.63, 3.8) is 0 Å². The van der Waals surface area contributed by atoms with Crippen LogP contribution in [0.4, 0.5) is 13.2 Å². The van der Waals surface area contributed by atoms with Crippen LogP contribution < -0.4 is 4.74 Å². The van der Waals surface area contributed by atoms with Gasteiger partial charge in [0.1, 0.15) is 5.75 Å². The standard InChI is InChI=1S/C14H12F3NOS/c1-10(20-13-4-2-3-9-18-13)11-5-7-12(8-6-11)19-14(15,16)17/h2-10H,1H3. The lowest BCUT2D eigenvalue weighted by Crippen LogP contribution is -2.17. The van der Waals surface area contributed by atoms with Crippen molar-refractivity contribution < 1.29 is 17.9 Å². The average Bonchev–Trinajstić information content (AvgIpc) is 2.39. The van der Waals surface area contributed by atoms with Gasteiger partial charge in [-0.3, -0.25) is 0 Å². The molecule has 0 aliphatic heterocycles. The van der Waals surface area contributed by atoms with E-state index in [0.717, 1.165) is 10.6 Å². The molecular weight excluding hydrogens is 287 g/mol. The number of pyridine rings is 1. The van der Waals surface area contributed by atoms with Crippen LogP contribution in [0.1, 0.15) is 17.7 Å². The fourth-order valence-electron chi connectivity index (χ4n) is 1.61. The van der Waals surface area contributed by atoms with Crippen LogP contribution in [0, 0.1) is 0 Å². The fraction of sp³-hybridized carbons (Fsp3) is 0.214. The van der Waals surface area contributed by atoms with E-state index in [1.54, 1.807) is 30.1 Å². The molecule has 1 aromatic heterocycles. The number of aromatic nitrogens is 1. The molecule has 2 nitrogen and oxygen atoms in total. The van der Waals surface area contributed by atoms with Gasteiger partial charge in [-0.2, -0.15) is 0 Å². The monoisotopic (exact) mass is 299 g/mol. The number of halogens is 3. The lowest BCUT2D eigenvalue weighted by Gasteiger charge is -2.13. The molecule has 0 aliphatic rings. The number of alkyl halides is 3. The zero-order chi connectivity index (χ0) is 14.6. The lowest BCUT2D eigenvalue weighted by molar-refractivity contribution is -0.274. The van der Waals surface area contributed by atoms with E-state index >= 15 is 0 Å².